The van der Waals surface area contributed by atoms with Crippen LogP contribution in [0.3, 0.4) is 0 Å². The van der Waals surface area contributed by atoms with Crippen LogP contribution in [0, 0.1) is 0 Å². The van der Waals surface area contributed by atoms with Crippen LogP contribution in [0.4, 0.5) is 5.69 Å². The van der Waals surface area contributed by atoms with Crippen LogP contribution < -0.4 is 15.9 Å². The molecule has 24 heavy (non-hydrogen) atoms. The average molecular weight is 334 g/mol. The minimum absolute atomic E-state index is 0.0587. The number of rotatable bonds is 2. The van der Waals surface area contributed by atoms with Crippen molar-refractivity contribution in [1.82, 2.24) is 14.5 Å². The maximum atomic E-state index is 13.0. The minimum Gasteiger partial charge on any atom is -0.377 e. The summed E-state index contributed by atoms with van der Waals surface area (Å²) in [5.74, 6) is 0. The van der Waals surface area contributed by atoms with Crippen LogP contribution in [-0.4, -0.2) is 36.5 Å². The highest BCUT2D eigenvalue weighted by Gasteiger charge is 2.16. The topological polar surface area (TPSA) is 51.0 Å². The van der Waals surface area contributed by atoms with E-state index < -0.39 is 0 Å². The molecular weight excluding hydrogens is 319 g/mol. The lowest BCUT2D eigenvalue weighted by atomic mass is 9.96. The number of thiophene rings is 1. The monoisotopic (exact) mass is 334 g/mol. The third-order valence-electron chi connectivity index (χ3n) is 4.05. The lowest BCUT2D eigenvalue weighted by molar-refractivity contribution is 0.968. The summed E-state index contributed by atoms with van der Waals surface area (Å²) in [5, 5.41) is 0.940. The summed E-state index contributed by atoms with van der Waals surface area (Å²) in [6, 6.07) is 9.79. The van der Waals surface area contributed by atoms with Gasteiger partial charge >= 0.3 is 0 Å². The fourth-order valence-corrected chi connectivity index (χ4v) is 3.85. The molecule has 0 saturated heterocycles. The van der Waals surface area contributed by atoms with Gasteiger partial charge in [-0.05, 0) is 18.2 Å². The van der Waals surface area contributed by atoms with E-state index >= 15 is 0 Å². The molecule has 0 saturated carbocycles. The van der Waals surface area contributed by atoms with E-state index in [9.17, 15) is 4.79 Å². The Labute approximate surface area is 143 Å². The van der Waals surface area contributed by atoms with E-state index in [0.29, 0.717) is 4.70 Å². The fraction of sp³-hybridized carbons (Fsp3) is 0.118. The molecule has 1 aromatic carbocycles. The number of aromatic nitrogens is 3. The van der Waals surface area contributed by atoms with Gasteiger partial charge < -0.3 is 4.90 Å². The van der Waals surface area contributed by atoms with E-state index in [4.69, 9.17) is 0 Å². The quantitative estimate of drug-likeness (QED) is 0.519. The third kappa shape index (κ3) is 2.20. The molecule has 0 aliphatic carbocycles. The highest BCUT2D eigenvalue weighted by Crippen LogP contribution is 2.35. The van der Waals surface area contributed by atoms with Gasteiger partial charge in [0.25, 0.3) is 5.56 Å². The summed E-state index contributed by atoms with van der Waals surface area (Å²) in [6.07, 6.45) is 3.37. The normalized spacial score (nSPS) is 11.2. The summed E-state index contributed by atoms with van der Waals surface area (Å²) in [7, 11) is 5.98. The number of fused-ring (bicyclic) bond motifs is 3. The molecule has 118 valence electrons. The van der Waals surface area contributed by atoms with Gasteiger partial charge in [0.05, 0.1) is 22.3 Å². The van der Waals surface area contributed by atoms with E-state index in [0.717, 1.165) is 32.6 Å². The van der Waals surface area contributed by atoms with Crippen molar-refractivity contribution in [3.05, 3.63) is 53.2 Å². The second kappa shape index (κ2) is 5.45. The molecule has 3 aromatic heterocycles. The zero-order valence-electron chi connectivity index (χ0n) is 13.6. The highest BCUT2D eigenvalue weighted by molar-refractivity contribution is 7.25. The molecule has 0 aliphatic heterocycles. The molecule has 0 amide bonds. The smallest absolute Gasteiger partial charge is 0.275 e. The predicted octanol–water partition coefficient (Wildman–Crippen LogP) is 1.32. The zero-order valence-corrected chi connectivity index (χ0v) is 14.5. The Kier molecular flexibility index (Phi) is 3.39. The molecule has 0 fully saturated rings. The molecule has 0 atom stereocenters. The molecule has 0 radical (unpaired) electrons. The Morgan fingerprint density at radius 1 is 1.12 bits per heavy atom. The van der Waals surface area contributed by atoms with Gasteiger partial charge in [-0.1, -0.05) is 17.6 Å². The summed E-state index contributed by atoms with van der Waals surface area (Å²) < 4.78 is 2.22. The summed E-state index contributed by atoms with van der Waals surface area (Å²) in [5.41, 5.74) is 3.66. The number of pyridine rings is 1. The first-order valence-electron chi connectivity index (χ1n) is 7.59. The molecule has 5 nitrogen and oxygen atoms in total. The molecule has 4 rings (SSSR count). The summed E-state index contributed by atoms with van der Waals surface area (Å²) in [6.45, 7) is 0. The number of nitrogens with zero attached hydrogens (tertiary/aromatic N) is 4. The molecule has 7 heteroatoms. The number of benzene rings is 1. The molecule has 0 bridgehead atoms. The van der Waals surface area contributed by atoms with E-state index in [2.05, 4.69) is 9.97 Å². The van der Waals surface area contributed by atoms with Crippen molar-refractivity contribution in [1.29, 1.82) is 0 Å². The van der Waals surface area contributed by atoms with Crippen molar-refractivity contribution < 1.29 is 0 Å². The van der Waals surface area contributed by atoms with Crippen LogP contribution in [-0.2, 0) is 0 Å². The molecule has 0 N–H and O–H groups in total. The van der Waals surface area contributed by atoms with Crippen LogP contribution in [0.25, 0.3) is 26.1 Å². The Morgan fingerprint density at radius 3 is 2.58 bits per heavy atom. The maximum absolute atomic E-state index is 13.0. The van der Waals surface area contributed by atoms with Crippen molar-refractivity contribution in [2.75, 3.05) is 19.0 Å². The van der Waals surface area contributed by atoms with Gasteiger partial charge in [-0.25, -0.2) is 9.97 Å². The molecule has 3 heterocycles. The Balaban J connectivity index is 2.04. The second-order valence-electron chi connectivity index (χ2n) is 5.94. The van der Waals surface area contributed by atoms with E-state index in [1.807, 2.05) is 57.2 Å². The van der Waals surface area contributed by atoms with Crippen molar-refractivity contribution in [2.45, 2.75) is 0 Å². The van der Waals surface area contributed by atoms with Gasteiger partial charge in [0, 0.05) is 20.3 Å². The van der Waals surface area contributed by atoms with Crippen molar-refractivity contribution in [3.8, 4) is 5.69 Å². The Morgan fingerprint density at radius 2 is 1.88 bits per heavy atom. The first-order chi connectivity index (χ1) is 11.6. The third-order valence-corrected chi connectivity index (χ3v) is 5.13. The second-order valence-corrected chi connectivity index (χ2v) is 6.94. The van der Waals surface area contributed by atoms with Gasteiger partial charge in [0.2, 0.25) is 0 Å². The van der Waals surface area contributed by atoms with Crippen molar-refractivity contribution in [3.63, 3.8) is 0 Å². The van der Waals surface area contributed by atoms with E-state index in [1.165, 1.54) is 11.3 Å². The van der Waals surface area contributed by atoms with Crippen LogP contribution in [0.5, 0.6) is 0 Å². The maximum Gasteiger partial charge on any atom is 0.275 e. The van der Waals surface area contributed by atoms with Gasteiger partial charge in [0.1, 0.15) is 23.7 Å². The molecule has 0 aliphatic rings. The van der Waals surface area contributed by atoms with Crippen LogP contribution >= 0.6 is 11.3 Å². The summed E-state index contributed by atoms with van der Waals surface area (Å²) >= 11 is 1.40. The van der Waals surface area contributed by atoms with Crippen LogP contribution in [0.15, 0.2) is 47.7 Å². The van der Waals surface area contributed by atoms with Gasteiger partial charge in [-0.2, -0.15) is 0 Å². The van der Waals surface area contributed by atoms with Crippen LogP contribution in [0.1, 0.15) is 0 Å². The van der Waals surface area contributed by atoms with Crippen molar-refractivity contribution in [2.24, 2.45) is 0 Å². The van der Waals surface area contributed by atoms with E-state index in [-0.39, 0.29) is 5.56 Å². The Bertz CT molecular complexity index is 1120. The van der Waals surface area contributed by atoms with Gasteiger partial charge in [0.15, 0.2) is 0 Å². The minimum atomic E-state index is -0.0587. The molecular formula is C17H15BN4OS. The predicted molar refractivity (Wildman–Crippen MR) is 103 cm³/mol. The molecule has 4 aromatic rings. The average Bonchev–Trinajstić information content (AvgIpc) is 2.96. The lowest BCUT2D eigenvalue weighted by Gasteiger charge is -2.13. The standard InChI is InChI=1S/C17H15BN4OS/c1-21(2)12-7-8-19-16-13(12)14-15(24-16)17(23)22(9-20-14)11-5-3-10(18)4-6-11/h3-9H,18H2,1-2H3. The first-order valence-corrected chi connectivity index (χ1v) is 8.41. The SMILES string of the molecule is Bc1ccc(-n2cnc3c(sc4nccc(N(C)C)c43)c2=O)cc1. The fourth-order valence-electron chi connectivity index (χ4n) is 2.80. The summed E-state index contributed by atoms with van der Waals surface area (Å²) in [4.78, 5) is 24.8. The largest absolute Gasteiger partial charge is 0.377 e. The number of anilines is 1. The first kappa shape index (κ1) is 14.9. The lowest BCUT2D eigenvalue weighted by Crippen LogP contribution is -2.18. The Hall–Kier alpha value is -2.67. The number of hydrogen-bond donors (Lipinski definition) is 0. The van der Waals surface area contributed by atoms with Gasteiger partial charge in [-0.3, -0.25) is 9.36 Å². The van der Waals surface area contributed by atoms with Crippen molar-refractivity contribution >= 4 is 50.8 Å². The van der Waals surface area contributed by atoms with E-state index in [1.54, 1.807) is 17.1 Å². The highest BCUT2D eigenvalue weighted by atomic mass is 32.1. The van der Waals surface area contributed by atoms with Crippen LogP contribution in [0.2, 0.25) is 0 Å². The van der Waals surface area contributed by atoms with Gasteiger partial charge in [-0.15, -0.1) is 11.3 Å². The zero-order chi connectivity index (χ0) is 16.8. The number of hydrogen-bond acceptors (Lipinski definition) is 5. The molecule has 0 unspecified atom stereocenters. The molecule has 0 spiro atoms.